The number of fused-ring (bicyclic) bond motifs is 1. The van der Waals surface area contributed by atoms with Crippen molar-refractivity contribution < 1.29 is 18.7 Å². The van der Waals surface area contributed by atoms with E-state index >= 15 is 0 Å². The van der Waals surface area contributed by atoms with Gasteiger partial charge in [0, 0.05) is 18.7 Å². The normalized spacial score (nSPS) is 18.4. The number of aryl methyl sites for hydroxylation is 1. The van der Waals surface area contributed by atoms with Crippen LogP contribution >= 0.6 is 0 Å². The molecule has 3 amide bonds. The van der Waals surface area contributed by atoms with Gasteiger partial charge in [0.05, 0.1) is 11.7 Å². The number of amides is 3. The Morgan fingerprint density at radius 2 is 2.07 bits per heavy atom. The van der Waals surface area contributed by atoms with Gasteiger partial charge >= 0.3 is 6.03 Å². The van der Waals surface area contributed by atoms with Gasteiger partial charge in [0.2, 0.25) is 5.91 Å². The maximum atomic E-state index is 14.4. The van der Waals surface area contributed by atoms with Crippen LogP contribution in [0.2, 0.25) is 0 Å². The molecular formula is C21H22FN3O3. The number of nitrogens with zero attached hydrogens (tertiary/aromatic N) is 1. The van der Waals surface area contributed by atoms with Gasteiger partial charge in [-0.15, -0.1) is 0 Å². The smallest absolute Gasteiger partial charge is 0.322 e. The molecule has 1 atom stereocenters. The van der Waals surface area contributed by atoms with E-state index in [4.69, 9.17) is 4.74 Å². The van der Waals surface area contributed by atoms with Crippen LogP contribution in [0.15, 0.2) is 42.5 Å². The quantitative estimate of drug-likeness (QED) is 0.844. The first-order chi connectivity index (χ1) is 13.6. The van der Waals surface area contributed by atoms with Crippen LogP contribution in [0, 0.1) is 5.82 Å². The second-order valence-corrected chi connectivity index (χ2v) is 7.08. The first kappa shape index (κ1) is 18.3. The van der Waals surface area contributed by atoms with Gasteiger partial charge in [0.25, 0.3) is 0 Å². The molecule has 0 aliphatic carbocycles. The van der Waals surface area contributed by atoms with Crippen molar-refractivity contribution in [1.29, 1.82) is 0 Å². The standard InChI is InChI=1S/C21H22FN3O3/c22-17-11-14-8-9-20(26)23-18(14)12-19(17)24-21(27)25-10-4-5-15(25)13-28-16-6-2-1-3-7-16/h1-3,6-7,11-12,15H,4-5,8-10,13H2,(H,23,26)(H,24,27)/t15-/m0/s1. The minimum absolute atomic E-state index is 0.0689. The van der Waals surface area contributed by atoms with E-state index in [0.717, 1.165) is 24.2 Å². The molecule has 0 bridgehead atoms. The van der Waals surface area contributed by atoms with Gasteiger partial charge in [-0.25, -0.2) is 9.18 Å². The Labute approximate surface area is 162 Å². The molecule has 2 aromatic carbocycles. The van der Waals surface area contributed by atoms with Gasteiger partial charge in [0.1, 0.15) is 18.2 Å². The van der Waals surface area contributed by atoms with Crippen molar-refractivity contribution in [3.8, 4) is 5.75 Å². The van der Waals surface area contributed by atoms with Crippen LogP contribution < -0.4 is 15.4 Å². The van der Waals surface area contributed by atoms with E-state index in [9.17, 15) is 14.0 Å². The number of hydrogen-bond acceptors (Lipinski definition) is 3. The molecule has 2 aliphatic rings. The van der Waals surface area contributed by atoms with Gasteiger partial charge in [-0.1, -0.05) is 18.2 Å². The Morgan fingerprint density at radius 3 is 2.89 bits per heavy atom. The Hall–Kier alpha value is -3.09. The molecule has 7 heteroatoms. The van der Waals surface area contributed by atoms with Crippen molar-refractivity contribution in [2.45, 2.75) is 31.7 Å². The van der Waals surface area contributed by atoms with Crippen molar-refractivity contribution >= 4 is 23.3 Å². The minimum atomic E-state index is -0.500. The summed E-state index contributed by atoms with van der Waals surface area (Å²) in [5.41, 5.74) is 1.37. The molecule has 0 saturated carbocycles. The molecule has 0 unspecified atom stereocenters. The fourth-order valence-corrected chi connectivity index (χ4v) is 3.67. The zero-order valence-electron chi connectivity index (χ0n) is 15.4. The first-order valence-electron chi connectivity index (χ1n) is 9.48. The van der Waals surface area contributed by atoms with Crippen molar-refractivity contribution in [2.75, 3.05) is 23.8 Å². The topological polar surface area (TPSA) is 70.7 Å². The van der Waals surface area contributed by atoms with E-state index in [2.05, 4.69) is 10.6 Å². The lowest BCUT2D eigenvalue weighted by Gasteiger charge is -2.26. The largest absolute Gasteiger partial charge is 0.491 e. The number of urea groups is 1. The maximum Gasteiger partial charge on any atom is 0.322 e. The third-order valence-electron chi connectivity index (χ3n) is 5.15. The van der Waals surface area contributed by atoms with Crippen LogP contribution in [-0.4, -0.2) is 36.0 Å². The van der Waals surface area contributed by atoms with Crippen LogP contribution in [0.4, 0.5) is 20.6 Å². The summed E-state index contributed by atoms with van der Waals surface area (Å²) in [6, 6.07) is 11.9. The summed E-state index contributed by atoms with van der Waals surface area (Å²) in [7, 11) is 0. The highest BCUT2D eigenvalue weighted by Crippen LogP contribution is 2.29. The van der Waals surface area contributed by atoms with E-state index in [1.807, 2.05) is 30.3 Å². The molecule has 2 aliphatic heterocycles. The van der Waals surface area contributed by atoms with Crippen LogP contribution in [-0.2, 0) is 11.2 Å². The first-order valence-corrected chi connectivity index (χ1v) is 9.48. The number of para-hydroxylation sites is 1. The minimum Gasteiger partial charge on any atom is -0.491 e. The summed E-state index contributed by atoms with van der Waals surface area (Å²) in [6.45, 7) is 0.984. The molecule has 0 aromatic heterocycles. The number of nitrogens with one attached hydrogen (secondary N) is 2. The van der Waals surface area contributed by atoms with Gasteiger partial charge in [-0.3, -0.25) is 4.79 Å². The molecule has 0 radical (unpaired) electrons. The molecule has 4 rings (SSSR count). The number of carbonyl (C=O) groups excluding carboxylic acids is 2. The number of hydrogen-bond donors (Lipinski definition) is 2. The molecular weight excluding hydrogens is 361 g/mol. The zero-order chi connectivity index (χ0) is 19.5. The highest BCUT2D eigenvalue weighted by atomic mass is 19.1. The fraction of sp³-hybridized carbons (Fsp3) is 0.333. The fourth-order valence-electron chi connectivity index (χ4n) is 3.67. The second kappa shape index (κ2) is 7.88. The molecule has 6 nitrogen and oxygen atoms in total. The van der Waals surface area contributed by atoms with Gasteiger partial charge in [-0.05, 0) is 49.1 Å². The van der Waals surface area contributed by atoms with Crippen LogP contribution in [0.1, 0.15) is 24.8 Å². The summed E-state index contributed by atoms with van der Waals surface area (Å²) in [5.74, 6) is 0.153. The maximum absolute atomic E-state index is 14.4. The summed E-state index contributed by atoms with van der Waals surface area (Å²) < 4.78 is 20.2. The third kappa shape index (κ3) is 3.93. The van der Waals surface area contributed by atoms with Gasteiger partial charge in [-0.2, -0.15) is 0 Å². The summed E-state index contributed by atoms with van der Waals surface area (Å²) >= 11 is 0. The lowest BCUT2D eigenvalue weighted by atomic mass is 10.0. The highest BCUT2D eigenvalue weighted by Gasteiger charge is 2.30. The predicted octanol–water partition coefficient (Wildman–Crippen LogP) is 3.79. The monoisotopic (exact) mass is 383 g/mol. The molecule has 2 N–H and O–H groups in total. The average molecular weight is 383 g/mol. The third-order valence-corrected chi connectivity index (χ3v) is 5.15. The Bertz CT molecular complexity index is 888. The van der Waals surface area contributed by atoms with Crippen molar-refractivity contribution in [3.63, 3.8) is 0 Å². The van der Waals surface area contributed by atoms with Crippen LogP contribution in [0.5, 0.6) is 5.75 Å². The second-order valence-electron chi connectivity index (χ2n) is 7.08. The molecule has 1 fully saturated rings. The average Bonchev–Trinajstić information content (AvgIpc) is 3.17. The van der Waals surface area contributed by atoms with Crippen molar-refractivity contribution in [1.82, 2.24) is 4.90 Å². The van der Waals surface area contributed by atoms with E-state index in [1.165, 1.54) is 12.1 Å². The number of rotatable bonds is 4. The molecule has 0 spiro atoms. The zero-order valence-corrected chi connectivity index (χ0v) is 15.4. The van der Waals surface area contributed by atoms with Crippen LogP contribution in [0.3, 0.4) is 0 Å². The molecule has 2 heterocycles. The summed E-state index contributed by atoms with van der Waals surface area (Å²) in [6.07, 6.45) is 2.55. The lowest BCUT2D eigenvalue weighted by Crippen LogP contribution is -2.41. The number of benzene rings is 2. The van der Waals surface area contributed by atoms with E-state index in [1.54, 1.807) is 4.90 Å². The highest BCUT2D eigenvalue weighted by molar-refractivity contribution is 5.96. The van der Waals surface area contributed by atoms with Gasteiger partial charge in [0.15, 0.2) is 0 Å². The number of halogens is 1. The lowest BCUT2D eigenvalue weighted by molar-refractivity contribution is -0.116. The Kier molecular flexibility index (Phi) is 5.14. The molecule has 2 aromatic rings. The molecule has 28 heavy (non-hydrogen) atoms. The Morgan fingerprint density at radius 1 is 1.25 bits per heavy atom. The van der Waals surface area contributed by atoms with Gasteiger partial charge < -0.3 is 20.3 Å². The summed E-state index contributed by atoms with van der Waals surface area (Å²) in [5, 5.41) is 5.38. The number of anilines is 2. The number of likely N-dealkylation sites (tertiary alicyclic amines) is 1. The number of ether oxygens (including phenoxy) is 1. The van der Waals surface area contributed by atoms with E-state index in [0.29, 0.717) is 31.7 Å². The van der Waals surface area contributed by atoms with Crippen LogP contribution in [0.25, 0.3) is 0 Å². The van der Waals surface area contributed by atoms with E-state index in [-0.39, 0.29) is 23.7 Å². The summed E-state index contributed by atoms with van der Waals surface area (Å²) in [4.78, 5) is 26.0. The molecule has 146 valence electrons. The Balaban J connectivity index is 1.42. The predicted molar refractivity (Wildman–Crippen MR) is 104 cm³/mol. The van der Waals surface area contributed by atoms with Crippen molar-refractivity contribution in [3.05, 3.63) is 53.8 Å². The van der Waals surface area contributed by atoms with E-state index < -0.39 is 5.82 Å². The molecule has 1 saturated heterocycles. The van der Waals surface area contributed by atoms with Crippen molar-refractivity contribution in [2.24, 2.45) is 0 Å². The SMILES string of the molecule is O=C1CCc2cc(F)c(NC(=O)N3CCC[C@H]3COc3ccccc3)cc2N1. The number of carbonyl (C=O) groups is 2.